The summed E-state index contributed by atoms with van der Waals surface area (Å²) >= 11 is 0. The van der Waals surface area contributed by atoms with Gasteiger partial charge in [0.2, 0.25) is 5.91 Å². The lowest BCUT2D eigenvalue weighted by molar-refractivity contribution is -0.116. The molecular formula is C21H24N2O. The predicted octanol–water partition coefficient (Wildman–Crippen LogP) is 5.62. The maximum atomic E-state index is 12.3. The number of anilines is 1. The zero-order chi connectivity index (χ0) is 16.4. The Hall–Kier alpha value is -2.29. The number of carbonyl (C=O) groups excluding carboxylic acids is 1. The molecule has 1 heterocycles. The van der Waals surface area contributed by atoms with E-state index in [-0.39, 0.29) is 5.91 Å². The van der Waals surface area contributed by atoms with Gasteiger partial charge in [-0.05, 0) is 36.6 Å². The van der Waals surface area contributed by atoms with E-state index < -0.39 is 0 Å². The van der Waals surface area contributed by atoms with E-state index in [2.05, 4.69) is 28.5 Å². The molecule has 0 radical (unpaired) electrons. The summed E-state index contributed by atoms with van der Waals surface area (Å²) in [6, 6.07) is 14.4. The number of amides is 1. The smallest absolute Gasteiger partial charge is 0.224 e. The molecule has 3 aromatic rings. The molecule has 0 saturated heterocycles. The van der Waals surface area contributed by atoms with Crippen molar-refractivity contribution in [3.05, 3.63) is 42.5 Å². The number of H-pyrrole nitrogens is 1. The summed E-state index contributed by atoms with van der Waals surface area (Å²) in [5.74, 6) is 0.889. The third-order valence-electron chi connectivity index (χ3n) is 5.29. The molecule has 4 rings (SSSR count). The maximum absolute atomic E-state index is 12.3. The molecule has 1 aliphatic carbocycles. The number of carbonyl (C=O) groups is 1. The van der Waals surface area contributed by atoms with Crippen molar-refractivity contribution in [3.63, 3.8) is 0 Å². The molecule has 0 aliphatic heterocycles. The van der Waals surface area contributed by atoms with Gasteiger partial charge >= 0.3 is 0 Å². The van der Waals surface area contributed by atoms with Crippen LogP contribution in [0.15, 0.2) is 42.5 Å². The molecule has 1 aromatic heterocycles. The van der Waals surface area contributed by atoms with E-state index in [0.717, 1.165) is 34.4 Å². The van der Waals surface area contributed by atoms with Crippen LogP contribution in [0.3, 0.4) is 0 Å². The zero-order valence-electron chi connectivity index (χ0n) is 14.0. The Kier molecular flexibility index (Phi) is 4.24. The van der Waals surface area contributed by atoms with Crippen LogP contribution < -0.4 is 5.32 Å². The maximum Gasteiger partial charge on any atom is 0.224 e. The summed E-state index contributed by atoms with van der Waals surface area (Å²) in [6.45, 7) is 0. The lowest BCUT2D eigenvalue weighted by Gasteiger charge is -2.21. The van der Waals surface area contributed by atoms with E-state index in [0.29, 0.717) is 6.42 Å². The summed E-state index contributed by atoms with van der Waals surface area (Å²) < 4.78 is 0. The molecule has 3 nitrogen and oxygen atoms in total. The summed E-state index contributed by atoms with van der Waals surface area (Å²) in [5.41, 5.74) is 3.13. The first kappa shape index (κ1) is 15.3. The van der Waals surface area contributed by atoms with Gasteiger partial charge in [-0.3, -0.25) is 4.79 Å². The molecule has 1 saturated carbocycles. The molecule has 1 aliphatic rings. The van der Waals surface area contributed by atoms with Crippen LogP contribution >= 0.6 is 0 Å². The highest BCUT2D eigenvalue weighted by atomic mass is 16.1. The van der Waals surface area contributed by atoms with Crippen molar-refractivity contribution in [1.82, 2.24) is 4.98 Å². The number of fused-ring (bicyclic) bond motifs is 3. The molecule has 0 unspecified atom stereocenters. The van der Waals surface area contributed by atoms with Gasteiger partial charge in [0.05, 0.1) is 0 Å². The van der Waals surface area contributed by atoms with Gasteiger partial charge in [-0.1, -0.05) is 50.3 Å². The number of hydrogen-bond acceptors (Lipinski definition) is 1. The first-order chi connectivity index (χ1) is 11.8. The van der Waals surface area contributed by atoms with Crippen molar-refractivity contribution in [2.75, 3.05) is 5.32 Å². The van der Waals surface area contributed by atoms with Crippen molar-refractivity contribution in [2.45, 2.75) is 44.9 Å². The van der Waals surface area contributed by atoms with Crippen molar-refractivity contribution in [2.24, 2.45) is 5.92 Å². The Morgan fingerprint density at radius 3 is 2.67 bits per heavy atom. The third kappa shape index (κ3) is 3.16. The summed E-state index contributed by atoms with van der Waals surface area (Å²) in [5, 5.41) is 5.44. The fourth-order valence-electron chi connectivity index (χ4n) is 3.96. The molecule has 24 heavy (non-hydrogen) atoms. The minimum atomic E-state index is 0.139. The standard InChI is InChI=1S/C21H24N2O/c24-21(13-10-15-6-2-1-3-7-15)22-16-11-12-20-18(14-16)17-8-4-5-9-19(17)23-20/h4-5,8-9,11-12,14-15,23H,1-3,6-7,10,13H2,(H,22,24). The van der Waals surface area contributed by atoms with Crippen LogP contribution in [0.25, 0.3) is 21.8 Å². The number of benzene rings is 2. The van der Waals surface area contributed by atoms with Crippen LogP contribution in [-0.2, 0) is 4.79 Å². The number of nitrogens with one attached hydrogen (secondary N) is 2. The molecule has 0 atom stereocenters. The van der Waals surface area contributed by atoms with E-state index in [1.54, 1.807) is 0 Å². The largest absolute Gasteiger partial charge is 0.355 e. The lowest BCUT2D eigenvalue weighted by Crippen LogP contribution is -2.14. The van der Waals surface area contributed by atoms with Gasteiger partial charge in [0.15, 0.2) is 0 Å². The van der Waals surface area contributed by atoms with Crippen molar-refractivity contribution >= 4 is 33.4 Å². The summed E-state index contributed by atoms with van der Waals surface area (Å²) in [4.78, 5) is 15.7. The highest BCUT2D eigenvalue weighted by molar-refractivity contribution is 6.08. The van der Waals surface area contributed by atoms with E-state index in [1.165, 1.54) is 37.5 Å². The van der Waals surface area contributed by atoms with Crippen LogP contribution in [0.5, 0.6) is 0 Å². The molecule has 2 N–H and O–H groups in total. The van der Waals surface area contributed by atoms with E-state index in [4.69, 9.17) is 0 Å². The minimum absolute atomic E-state index is 0.139. The van der Waals surface area contributed by atoms with E-state index >= 15 is 0 Å². The van der Waals surface area contributed by atoms with Crippen molar-refractivity contribution < 1.29 is 4.79 Å². The molecule has 3 heteroatoms. The Morgan fingerprint density at radius 2 is 1.79 bits per heavy atom. The molecule has 2 aromatic carbocycles. The third-order valence-corrected chi connectivity index (χ3v) is 5.29. The Morgan fingerprint density at radius 1 is 1.00 bits per heavy atom. The number of hydrogen-bond donors (Lipinski definition) is 2. The zero-order valence-corrected chi connectivity index (χ0v) is 14.0. The van der Waals surface area contributed by atoms with Crippen LogP contribution in [0, 0.1) is 5.92 Å². The highest BCUT2D eigenvalue weighted by Gasteiger charge is 2.15. The quantitative estimate of drug-likeness (QED) is 0.644. The van der Waals surface area contributed by atoms with Crippen molar-refractivity contribution in [3.8, 4) is 0 Å². The average molecular weight is 320 g/mol. The van der Waals surface area contributed by atoms with E-state index in [9.17, 15) is 4.79 Å². The van der Waals surface area contributed by atoms with Crippen molar-refractivity contribution in [1.29, 1.82) is 0 Å². The Bertz CT molecular complexity index is 859. The van der Waals surface area contributed by atoms with Gasteiger partial charge in [0, 0.05) is 33.9 Å². The topological polar surface area (TPSA) is 44.9 Å². The van der Waals surface area contributed by atoms with Gasteiger partial charge in [0.1, 0.15) is 0 Å². The van der Waals surface area contributed by atoms with Crippen LogP contribution in [0.4, 0.5) is 5.69 Å². The number of aromatic amines is 1. The number of aromatic nitrogens is 1. The predicted molar refractivity (Wildman–Crippen MR) is 100 cm³/mol. The fourth-order valence-corrected chi connectivity index (χ4v) is 3.96. The Balaban J connectivity index is 1.45. The summed E-state index contributed by atoms with van der Waals surface area (Å²) in [7, 11) is 0. The second kappa shape index (κ2) is 6.68. The fraction of sp³-hybridized carbons (Fsp3) is 0.381. The number of para-hydroxylation sites is 1. The van der Waals surface area contributed by atoms with Gasteiger partial charge in [-0.15, -0.1) is 0 Å². The van der Waals surface area contributed by atoms with Crippen LogP contribution in [0.2, 0.25) is 0 Å². The summed E-state index contributed by atoms with van der Waals surface area (Å²) in [6.07, 6.45) is 8.31. The average Bonchev–Trinajstić information content (AvgIpc) is 2.99. The lowest BCUT2D eigenvalue weighted by atomic mass is 9.86. The molecule has 124 valence electrons. The first-order valence-corrected chi connectivity index (χ1v) is 9.10. The molecule has 1 amide bonds. The molecule has 0 spiro atoms. The SMILES string of the molecule is O=C(CCC1CCCCC1)Nc1ccc2[nH]c3ccccc3c2c1. The van der Waals surface area contributed by atoms with Gasteiger partial charge in [-0.2, -0.15) is 0 Å². The van der Waals surface area contributed by atoms with Gasteiger partial charge in [0.25, 0.3) is 0 Å². The highest BCUT2D eigenvalue weighted by Crippen LogP contribution is 2.29. The van der Waals surface area contributed by atoms with Gasteiger partial charge in [-0.25, -0.2) is 0 Å². The molecular weight excluding hydrogens is 296 g/mol. The minimum Gasteiger partial charge on any atom is -0.355 e. The second-order valence-electron chi connectivity index (χ2n) is 7.02. The monoisotopic (exact) mass is 320 g/mol. The van der Waals surface area contributed by atoms with E-state index in [1.807, 2.05) is 24.3 Å². The second-order valence-corrected chi connectivity index (χ2v) is 7.02. The van der Waals surface area contributed by atoms with Crippen LogP contribution in [0.1, 0.15) is 44.9 Å². The first-order valence-electron chi connectivity index (χ1n) is 9.10. The van der Waals surface area contributed by atoms with Gasteiger partial charge < -0.3 is 10.3 Å². The van der Waals surface area contributed by atoms with Crippen LogP contribution in [-0.4, -0.2) is 10.9 Å². The molecule has 1 fully saturated rings. The molecule has 0 bridgehead atoms. The number of rotatable bonds is 4. The normalized spacial score (nSPS) is 15.8. The Labute approximate surface area is 142 Å².